The number of nitrogen functional groups attached to an aromatic ring is 1. The molecular weight excluding hydrogens is 489 g/mol. The lowest BCUT2D eigenvalue weighted by Crippen LogP contribution is -2.32. The van der Waals surface area contributed by atoms with E-state index in [1.807, 2.05) is 0 Å². The zero-order valence-electron chi connectivity index (χ0n) is 20.7. The number of ether oxygens (including phenoxy) is 1. The zero-order chi connectivity index (χ0) is 26.8. The predicted molar refractivity (Wildman–Crippen MR) is 141 cm³/mol. The fourth-order valence-corrected chi connectivity index (χ4v) is 4.67. The van der Waals surface area contributed by atoms with Crippen molar-refractivity contribution in [2.45, 2.75) is 31.7 Å². The van der Waals surface area contributed by atoms with Gasteiger partial charge in [-0.2, -0.15) is 0 Å². The highest BCUT2D eigenvalue weighted by atomic mass is 19.1. The Labute approximate surface area is 217 Å². The number of fused-ring (bicyclic) bond motifs is 1. The Bertz CT molecular complexity index is 1540. The summed E-state index contributed by atoms with van der Waals surface area (Å²) in [6, 6.07) is 12.2. The van der Waals surface area contributed by atoms with Crippen molar-refractivity contribution in [3.63, 3.8) is 0 Å². The van der Waals surface area contributed by atoms with Gasteiger partial charge in [0.1, 0.15) is 23.3 Å². The molecule has 0 unspecified atom stereocenters. The zero-order valence-corrected chi connectivity index (χ0v) is 20.7. The molecule has 38 heavy (non-hydrogen) atoms. The number of amides is 2. The summed E-state index contributed by atoms with van der Waals surface area (Å²) in [7, 11) is 1.51. The van der Waals surface area contributed by atoms with Gasteiger partial charge in [-0.1, -0.05) is 37.6 Å². The number of nitrogens with one attached hydrogen (secondary N) is 2. The van der Waals surface area contributed by atoms with Gasteiger partial charge in [-0.05, 0) is 42.7 Å². The molecule has 0 bridgehead atoms. The van der Waals surface area contributed by atoms with Gasteiger partial charge in [0.2, 0.25) is 0 Å². The number of hydrogen-bond acceptors (Lipinski definition) is 7. The smallest absolute Gasteiger partial charge is 0.283 e. The Hall–Kier alpha value is -4.80. The van der Waals surface area contributed by atoms with Crippen molar-refractivity contribution >= 4 is 28.8 Å². The van der Waals surface area contributed by atoms with Gasteiger partial charge in [0.05, 0.1) is 12.7 Å². The van der Waals surface area contributed by atoms with Gasteiger partial charge in [0, 0.05) is 22.9 Å². The molecular formula is C27H26FN7O3. The lowest BCUT2D eigenvalue weighted by Gasteiger charge is -2.15. The summed E-state index contributed by atoms with van der Waals surface area (Å²) in [6.07, 6.45) is 5.48. The molecule has 1 saturated carbocycles. The largest absolute Gasteiger partial charge is 0.496 e. The molecule has 1 aliphatic carbocycles. The highest BCUT2D eigenvalue weighted by Gasteiger charge is 2.24. The minimum absolute atomic E-state index is 0.172. The van der Waals surface area contributed by atoms with Crippen molar-refractivity contribution in [3.8, 4) is 28.1 Å². The summed E-state index contributed by atoms with van der Waals surface area (Å²) >= 11 is 0. The molecule has 1 aliphatic rings. The maximum atomic E-state index is 13.1. The molecule has 4 N–H and O–H groups in total. The number of nitrogens with two attached hydrogens (primary N) is 1. The van der Waals surface area contributed by atoms with E-state index < -0.39 is 11.7 Å². The third kappa shape index (κ3) is 4.77. The van der Waals surface area contributed by atoms with Crippen molar-refractivity contribution in [2.75, 3.05) is 18.2 Å². The van der Waals surface area contributed by atoms with Crippen molar-refractivity contribution in [3.05, 3.63) is 66.8 Å². The quantitative estimate of drug-likeness (QED) is 0.315. The van der Waals surface area contributed by atoms with Gasteiger partial charge < -0.3 is 21.1 Å². The molecule has 4 aromatic rings. The van der Waals surface area contributed by atoms with E-state index in [0.29, 0.717) is 44.9 Å². The van der Waals surface area contributed by atoms with Gasteiger partial charge in [0.25, 0.3) is 11.8 Å². The summed E-state index contributed by atoms with van der Waals surface area (Å²) in [5.41, 5.74) is 10.1. The molecule has 11 heteroatoms. The monoisotopic (exact) mass is 515 g/mol. The average molecular weight is 516 g/mol. The number of halogens is 1. The van der Waals surface area contributed by atoms with Crippen LogP contribution in [0.4, 0.5) is 15.9 Å². The summed E-state index contributed by atoms with van der Waals surface area (Å²) in [5.74, 6) is -1.56. The summed E-state index contributed by atoms with van der Waals surface area (Å²) in [4.78, 5) is 28.7. The van der Waals surface area contributed by atoms with E-state index in [4.69, 9.17) is 10.5 Å². The predicted octanol–water partition coefficient (Wildman–Crippen LogP) is 4.14. The van der Waals surface area contributed by atoms with Crippen LogP contribution in [0.5, 0.6) is 5.75 Å². The number of benzene rings is 2. The highest BCUT2D eigenvalue weighted by molar-refractivity contribution is 6.02. The average Bonchev–Trinajstić information content (AvgIpc) is 3.57. The fraction of sp³-hybridized carbons (Fsp3) is 0.222. The molecule has 2 aromatic heterocycles. The lowest BCUT2D eigenvalue weighted by atomic mass is 9.98. The Morgan fingerprint density at radius 3 is 2.53 bits per heavy atom. The summed E-state index contributed by atoms with van der Waals surface area (Å²) in [6.45, 7) is 3.00. The molecule has 194 valence electrons. The summed E-state index contributed by atoms with van der Waals surface area (Å²) in [5, 5.41) is 14.3. The molecule has 1 fully saturated rings. The minimum atomic E-state index is -1.08. The van der Waals surface area contributed by atoms with Crippen molar-refractivity contribution in [2.24, 2.45) is 0 Å². The number of nitrogens with zero attached hydrogens (tertiary/aromatic N) is 4. The first kappa shape index (κ1) is 24.9. The number of aromatic nitrogens is 4. The van der Waals surface area contributed by atoms with Crippen LogP contribution in [0.25, 0.3) is 27.9 Å². The van der Waals surface area contributed by atoms with Crippen LogP contribution in [-0.4, -0.2) is 44.8 Å². The fourth-order valence-electron chi connectivity index (χ4n) is 4.67. The van der Waals surface area contributed by atoms with Crippen LogP contribution in [0.2, 0.25) is 0 Å². The van der Waals surface area contributed by atoms with Gasteiger partial charge >= 0.3 is 0 Å². The second kappa shape index (κ2) is 10.3. The first-order valence-corrected chi connectivity index (χ1v) is 12.1. The van der Waals surface area contributed by atoms with Gasteiger partial charge in [0.15, 0.2) is 11.6 Å². The van der Waals surface area contributed by atoms with Crippen LogP contribution in [-0.2, 0) is 4.79 Å². The van der Waals surface area contributed by atoms with E-state index in [-0.39, 0.29) is 17.8 Å². The third-order valence-corrected chi connectivity index (χ3v) is 6.56. The number of hydrogen-bond donors (Lipinski definition) is 3. The SMILES string of the molecule is C=C(F)C(=O)Nc1ccc(-c2nn3ncnc(N)c3c2-c2ccc(C(=O)NC3CCCC3)c(OC)c2)cc1. The Kier molecular flexibility index (Phi) is 6.73. The number of rotatable bonds is 7. The standard InChI is InChI=1S/C27H26FN7O3/c1-15(28)26(36)32-19-10-7-16(8-11-19)23-22(24-25(29)30-14-31-35(24)34-23)17-9-12-20(21(13-17)38-2)27(37)33-18-5-3-4-6-18/h7-14,18H,1,3-6H2,2H3,(H,32,36)(H,33,37)(H2,29,30,31). The van der Waals surface area contributed by atoms with Crippen molar-refractivity contribution in [1.82, 2.24) is 25.1 Å². The highest BCUT2D eigenvalue weighted by Crippen LogP contribution is 2.39. The Morgan fingerprint density at radius 2 is 1.84 bits per heavy atom. The van der Waals surface area contributed by atoms with Gasteiger partial charge in [-0.25, -0.2) is 9.37 Å². The maximum absolute atomic E-state index is 13.1. The second-order valence-electron chi connectivity index (χ2n) is 9.01. The lowest BCUT2D eigenvalue weighted by molar-refractivity contribution is -0.114. The van der Waals surface area contributed by atoms with Crippen molar-refractivity contribution in [1.29, 1.82) is 0 Å². The molecule has 2 heterocycles. The molecule has 0 aliphatic heterocycles. The second-order valence-corrected chi connectivity index (χ2v) is 9.01. The molecule has 2 amide bonds. The molecule has 10 nitrogen and oxygen atoms in total. The molecule has 0 atom stereocenters. The van der Waals surface area contributed by atoms with E-state index in [9.17, 15) is 14.0 Å². The molecule has 0 radical (unpaired) electrons. The minimum Gasteiger partial charge on any atom is -0.496 e. The number of carbonyl (C=O) groups is 2. The van der Waals surface area contributed by atoms with Gasteiger partial charge in [-0.15, -0.1) is 14.8 Å². The van der Waals surface area contributed by atoms with Crippen LogP contribution in [0.1, 0.15) is 36.0 Å². The van der Waals surface area contributed by atoms with E-state index >= 15 is 0 Å². The van der Waals surface area contributed by atoms with Crippen LogP contribution in [0.3, 0.4) is 0 Å². The van der Waals surface area contributed by atoms with E-state index in [1.54, 1.807) is 42.5 Å². The molecule has 5 rings (SSSR count). The third-order valence-electron chi connectivity index (χ3n) is 6.56. The van der Waals surface area contributed by atoms with Crippen LogP contribution in [0.15, 0.2) is 61.2 Å². The Balaban J connectivity index is 1.56. The van der Waals surface area contributed by atoms with Crippen LogP contribution in [0, 0.1) is 0 Å². The van der Waals surface area contributed by atoms with E-state index in [2.05, 4.69) is 32.4 Å². The topological polar surface area (TPSA) is 137 Å². The molecule has 0 spiro atoms. The first-order valence-electron chi connectivity index (χ1n) is 12.1. The number of anilines is 2. The first-order chi connectivity index (χ1) is 18.4. The van der Waals surface area contributed by atoms with Crippen LogP contribution >= 0.6 is 0 Å². The van der Waals surface area contributed by atoms with E-state index in [1.165, 1.54) is 18.1 Å². The van der Waals surface area contributed by atoms with Gasteiger partial charge in [-0.3, -0.25) is 9.59 Å². The normalized spacial score (nSPS) is 13.4. The van der Waals surface area contributed by atoms with Crippen molar-refractivity contribution < 1.29 is 18.7 Å². The number of methoxy groups -OCH3 is 1. The molecule has 2 aromatic carbocycles. The van der Waals surface area contributed by atoms with E-state index in [0.717, 1.165) is 25.7 Å². The summed E-state index contributed by atoms with van der Waals surface area (Å²) < 4.78 is 20.1. The Morgan fingerprint density at radius 1 is 1.13 bits per heavy atom. The maximum Gasteiger partial charge on any atom is 0.283 e. The van der Waals surface area contributed by atoms with Crippen LogP contribution < -0.4 is 21.1 Å². The number of carbonyl (C=O) groups excluding carboxylic acids is 2. The molecule has 0 saturated heterocycles.